The molecule has 0 aromatic heterocycles. The summed E-state index contributed by atoms with van der Waals surface area (Å²) in [5, 5.41) is 0. The molecule has 0 saturated carbocycles. The molecule has 0 atom stereocenters. The first kappa shape index (κ1) is 23.1. The van der Waals surface area contributed by atoms with Crippen LogP contribution in [-0.2, 0) is 14.0 Å². The van der Waals surface area contributed by atoms with Gasteiger partial charge < -0.3 is 14.7 Å². The number of hydrogen-bond acceptors (Lipinski definition) is 3. The molecule has 0 aliphatic carbocycles. The molecule has 0 bridgehead atoms. The van der Waals surface area contributed by atoms with Crippen LogP contribution in [0.4, 0.5) is 0 Å². The average molecular weight is 365 g/mol. The fraction of sp³-hybridized carbons (Fsp3) is 0.579. The van der Waals surface area contributed by atoms with Crippen molar-refractivity contribution in [3.05, 3.63) is 42.2 Å². The second-order valence-electron chi connectivity index (χ2n) is 6.84. The zero-order valence-electron chi connectivity index (χ0n) is 16.6. The Kier molecular flexibility index (Phi) is 10.0. The SMILES string of the molecule is C=C(O[Si](C(C)C)(C(C)C)C(C)C)C(=[N+]=[N-])C(=O)OC/C=C/C=C/C. The molecule has 0 aromatic rings. The van der Waals surface area contributed by atoms with Crippen molar-refractivity contribution in [2.24, 2.45) is 0 Å². The van der Waals surface area contributed by atoms with Crippen LogP contribution in [0, 0.1) is 0 Å². The minimum Gasteiger partial charge on any atom is -0.538 e. The molecular formula is C19H32N2O3Si. The van der Waals surface area contributed by atoms with Gasteiger partial charge in [0.15, 0.2) is 5.76 Å². The predicted molar refractivity (Wildman–Crippen MR) is 105 cm³/mol. The van der Waals surface area contributed by atoms with Crippen LogP contribution in [0.5, 0.6) is 0 Å². The van der Waals surface area contributed by atoms with Gasteiger partial charge in [0.05, 0.1) is 0 Å². The number of carbonyl (C=O) groups is 1. The van der Waals surface area contributed by atoms with E-state index in [1.807, 2.05) is 19.1 Å². The molecular weight excluding hydrogens is 332 g/mol. The minimum atomic E-state index is -2.29. The highest BCUT2D eigenvalue weighted by molar-refractivity contribution is 6.78. The van der Waals surface area contributed by atoms with Gasteiger partial charge in [-0.15, -0.1) is 0 Å². The van der Waals surface area contributed by atoms with Gasteiger partial charge in [-0.1, -0.05) is 59.8 Å². The second kappa shape index (κ2) is 10.8. The first-order chi connectivity index (χ1) is 11.6. The zero-order chi connectivity index (χ0) is 19.6. The molecule has 0 unspecified atom stereocenters. The maximum absolute atomic E-state index is 12.2. The van der Waals surface area contributed by atoms with E-state index in [1.54, 1.807) is 12.2 Å². The van der Waals surface area contributed by atoms with Crippen LogP contribution < -0.4 is 0 Å². The van der Waals surface area contributed by atoms with Gasteiger partial charge in [0, 0.05) is 0 Å². The van der Waals surface area contributed by atoms with E-state index in [2.05, 4.69) is 52.9 Å². The molecule has 0 radical (unpaired) electrons. The first-order valence-corrected chi connectivity index (χ1v) is 10.8. The Hall–Kier alpha value is -1.91. The van der Waals surface area contributed by atoms with E-state index in [-0.39, 0.29) is 18.1 Å². The Morgan fingerprint density at radius 2 is 1.64 bits per heavy atom. The Balaban J connectivity index is 5.27. The molecule has 0 aliphatic rings. The Morgan fingerprint density at radius 1 is 1.12 bits per heavy atom. The van der Waals surface area contributed by atoms with E-state index in [0.717, 1.165) is 0 Å². The van der Waals surface area contributed by atoms with Gasteiger partial charge in [-0.05, 0) is 36.2 Å². The number of carbonyl (C=O) groups excluding carboxylic acids is 1. The summed E-state index contributed by atoms with van der Waals surface area (Å²) < 4.78 is 11.3. The van der Waals surface area contributed by atoms with Crippen LogP contribution in [0.25, 0.3) is 5.53 Å². The summed E-state index contributed by atoms with van der Waals surface area (Å²) in [4.78, 5) is 15.2. The predicted octanol–water partition coefficient (Wildman–Crippen LogP) is 5.04. The van der Waals surface area contributed by atoms with Crippen molar-refractivity contribution in [1.29, 1.82) is 0 Å². The van der Waals surface area contributed by atoms with Crippen molar-refractivity contribution < 1.29 is 18.7 Å². The molecule has 25 heavy (non-hydrogen) atoms. The highest BCUT2D eigenvalue weighted by Gasteiger charge is 2.49. The Labute approximate surface area is 153 Å². The molecule has 0 amide bonds. The molecule has 0 aliphatic heterocycles. The van der Waals surface area contributed by atoms with E-state index in [4.69, 9.17) is 9.16 Å². The summed E-state index contributed by atoms with van der Waals surface area (Å²) in [5.41, 5.74) is 9.90. The van der Waals surface area contributed by atoms with Gasteiger partial charge in [0.25, 0.3) is 8.32 Å². The molecule has 0 N–H and O–H groups in total. The molecule has 0 spiro atoms. The van der Waals surface area contributed by atoms with Gasteiger partial charge in [-0.3, -0.25) is 0 Å². The summed E-state index contributed by atoms with van der Waals surface area (Å²) in [7, 11) is -2.29. The summed E-state index contributed by atoms with van der Waals surface area (Å²) in [5.74, 6) is -0.676. The topological polar surface area (TPSA) is 71.9 Å². The molecule has 0 fully saturated rings. The van der Waals surface area contributed by atoms with Gasteiger partial charge in [0.1, 0.15) is 6.61 Å². The van der Waals surface area contributed by atoms with Crippen molar-refractivity contribution in [2.45, 2.75) is 65.1 Å². The Morgan fingerprint density at radius 3 is 2.04 bits per heavy atom. The van der Waals surface area contributed by atoms with Crippen LogP contribution >= 0.6 is 0 Å². The molecule has 5 nitrogen and oxygen atoms in total. The van der Waals surface area contributed by atoms with E-state index in [1.165, 1.54) is 0 Å². The van der Waals surface area contributed by atoms with E-state index >= 15 is 0 Å². The zero-order valence-corrected chi connectivity index (χ0v) is 17.6. The van der Waals surface area contributed by atoms with Crippen LogP contribution in [0.15, 0.2) is 36.6 Å². The quantitative estimate of drug-likeness (QED) is 0.104. The monoisotopic (exact) mass is 364 g/mol. The fourth-order valence-corrected chi connectivity index (χ4v) is 8.49. The van der Waals surface area contributed by atoms with Crippen LogP contribution in [0.2, 0.25) is 16.6 Å². The number of ether oxygens (including phenoxy) is 1. The number of rotatable bonds is 10. The van der Waals surface area contributed by atoms with Crippen molar-refractivity contribution in [3.63, 3.8) is 0 Å². The lowest BCUT2D eigenvalue weighted by Crippen LogP contribution is -2.48. The van der Waals surface area contributed by atoms with Crippen molar-refractivity contribution >= 4 is 20.0 Å². The summed E-state index contributed by atoms with van der Waals surface area (Å²) in [6, 6.07) is 0. The largest absolute Gasteiger partial charge is 0.538 e. The molecule has 0 aromatic carbocycles. The van der Waals surface area contributed by atoms with Crippen molar-refractivity contribution in [3.8, 4) is 0 Å². The van der Waals surface area contributed by atoms with E-state index in [9.17, 15) is 10.3 Å². The summed E-state index contributed by atoms with van der Waals surface area (Å²) >= 11 is 0. The second-order valence-corrected chi connectivity index (χ2v) is 12.2. The van der Waals surface area contributed by atoms with Gasteiger partial charge in [-0.2, -0.15) is 4.79 Å². The maximum Gasteiger partial charge on any atom is 0.438 e. The third-order valence-electron chi connectivity index (χ3n) is 4.31. The Bertz CT molecular complexity index is 549. The standard InChI is InChI=1S/C19H32N2O3Si/c1-9-10-11-12-13-23-19(22)18(21-20)17(8)24-25(14(2)3,15(4)5)16(6)7/h9-12,14-16H,8,13H2,1-7H3/b10-9+,12-11+. The first-order valence-electron chi connectivity index (χ1n) is 8.70. The smallest absolute Gasteiger partial charge is 0.438 e. The van der Waals surface area contributed by atoms with Gasteiger partial charge in [0.2, 0.25) is 0 Å². The normalized spacial score (nSPS) is 12.2. The number of allylic oxidation sites excluding steroid dienone is 3. The summed E-state index contributed by atoms with van der Waals surface area (Å²) in [6.07, 6.45) is 7.14. The number of hydrogen-bond donors (Lipinski definition) is 0. The van der Waals surface area contributed by atoms with Crippen molar-refractivity contribution in [2.75, 3.05) is 6.61 Å². The molecule has 6 heteroatoms. The lowest BCUT2D eigenvalue weighted by atomic mass is 10.3. The highest BCUT2D eigenvalue weighted by atomic mass is 28.4. The van der Waals surface area contributed by atoms with Gasteiger partial charge in [-0.25, -0.2) is 4.79 Å². The minimum absolute atomic E-state index is 0.0766. The maximum atomic E-state index is 12.2. The third-order valence-corrected chi connectivity index (χ3v) is 10.3. The molecule has 140 valence electrons. The summed E-state index contributed by atoms with van der Waals surface area (Å²) in [6.45, 7) is 18.5. The number of nitrogens with zero attached hydrogens (tertiary/aromatic N) is 2. The average Bonchev–Trinajstić information content (AvgIpc) is 2.51. The third kappa shape index (κ3) is 6.14. The molecule has 0 saturated heterocycles. The lowest BCUT2D eigenvalue weighted by molar-refractivity contribution is -0.139. The molecule has 0 heterocycles. The van der Waals surface area contributed by atoms with E-state index < -0.39 is 14.3 Å². The van der Waals surface area contributed by atoms with Crippen LogP contribution in [-0.4, -0.2) is 31.4 Å². The number of esters is 1. The van der Waals surface area contributed by atoms with Crippen LogP contribution in [0.1, 0.15) is 48.5 Å². The lowest BCUT2D eigenvalue weighted by Gasteiger charge is -2.41. The highest BCUT2D eigenvalue weighted by Crippen LogP contribution is 2.43. The van der Waals surface area contributed by atoms with Crippen molar-refractivity contribution in [1.82, 2.24) is 0 Å². The van der Waals surface area contributed by atoms with Gasteiger partial charge >= 0.3 is 11.7 Å². The van der Waals surface area contributed by atoms with Crippen LogP contribution in [0.3, 0.4) is 0 Å². The molecule has 0 rings (SSSR count). The van der Waals surface area contributed by atoms with E-state index in [0.29, 0.717) is 16.6 Å². The fourth-order valence-electron chi connectivity index (χ4n) is 3.26.